The molecule has 2 aromatic heterocycles. The molecule has 20 heavy (non-hydrogen) atoms. The third-order valence-electron chi connectivity index (χ3n) is 2.88. The van der Waals surface area contributed by atoms with Gasteiger partial charge in [0, 0.05) is 18.0 Å². The molecule has 2 amide bonds. The third-order valence-corrected chi connectivity index (χ3v) is 3.07. The van der Waals surface area contributed by atoms with Crippen molar-refractivity contribution in [3.63, 3.8) is 0 Å². The molecule has 9 heteroatoms. The van der Waals surface area contributed by atoms with Crippen molar-refractivity contribution in [1.29, 1.82) is 0 Å². The number of rotatable bonds is 1. The standard InChI is InChI=1S/C11H6ClFN4O3/c12-10-14-1-7(13)8(15-10)16-2-5-3-17(11(19)20)9(18)6(5)4-16/h1-2,4H,3H2,(H,19,20). The minimum Gasteiger partial charge on any atom is -0.465 e. The van der Waals surface area contributed by atoms with Crippen molar-refractivity contribution in [1.82, 2.24) is 19.4 Å². The van der Waals surface area contributed by atoms with E-state index >= 15 is 0 Å². The van der Waals surface area contributed by atoms with Gasteiger partial charge in [-0.05, 0) is 11.6 Å². The van der Waals surface area contributed by atoms with Gasteiger partial charge in [-0.15, -0.1) is 0 Å². The number of amides is 2. The number of carbonyl (C=O) groups excluding carboxylic acids is 1. The SMILES string of the molecule is O=C(O)N1Cc2cn(-c3nc(Cl)ncc3F)cc2C1=O. The zero-order chi connectivity index (χ0) is 14.4. The third kappa shape index (κ3) is 1.81. The Kier molecular flexibility index (Phi) is 2.68. The molecule has 0 bridgehead atoms. The van der Waals surface area contributed by atoms with Crippen LogP contribution >= 0.6 is 11.6 Å². The topological polar surface area (TPSA) is 88.3 Å². The van der Waals surface area contributed by atoms with Crippen LogP contribution in [-0.2, 0) is 6.54 Å². The van der Waals surface area contributed by atoms with Crippen molar-refractivity contribution in [2.75, 3.05) is 0 Å². The van der Waals surface area contributed by atoms with E-state index in [0.717, 1.165) is 6.20 Å². The normalized spacial score (nSPS) is 13.7. The van der Waals surface area contributed by atoms with Crippen molar-refractivity contribution >= 4 is 23.6 Å². The van der Waals surface area contributed by atoms with E-state index in [0.29, 0.717) is 10.5 Å². The summed E-state index contributed by atoms with van der Waals surface area (Å²) in [5.74, 6) is -1.45. The van der Waals surface area contributed by atoms with Gasteiger partial charge in [-0.25, -0.2) is 19.1 Å². The van der Waals surface area contributed by atoms with Gasteiger partial charge < -0.3 is 9.67 Å². The fourth-order valence-corrected chi connectivity index (χ4v) is 2.13. The first kappa shape index (κ1) is 12.5. The molecule has 2 aromatic rings. The van der Waals surface area contributed by atoms with Gasteiger partial charge in [0.25, 0.3) is 5.91 Å². The van der Waals surface area contributed by atoms with E-state index in [2.05, 4.69) is 9.97 Å². The first-order valence-electron chi connectivity index (χ1n) is 5.41. The predicted octanol–water partition coefficient (Wildman–Crippen LogP) is 1.69. The fraction of sp³-hybridized carbons (Fsp3) is 0.0909. The molecular weight excluding hydrogens is 291 g/mol. The molecule has 3 heterocycles. The second-order valence-electron chi connectivity index (χ2n) is 4.09. The summed E-state index contributed by atoms with van der Waals surface area (Å²) >= 11 is 5.60. The van der Waals surface area contributed by atoms with Gasteiger partial charge in [-0.1, -0.05) is 0 Å². The zero-order valence-electron chi connectivity index (χ0n) is 9.75. The maximum Gasteiger partial charge on any atom is 0.414 e. The quantitative estimate of drug-likeness (QED) is 0.809. The number of imide groups is 1. The molecule has 0 fully saturated rings. The lowest BCUT2D eigenvalue weighted by molar-refractivity contribution is 0.0762. The Morgan fingerprint density at radius 3 is 2.85 bits per heavy atom. The molecule has 1 N–H and O–H groups in total. The van der Waals surface area contributed by atoms with Crippen molar-refractivity contribution < 1.29 is 19.1 Å². The summed E-state index contributed by atoms with van der Waals surface area (Å²) in [6.45, 7) is -0.0725. The van der Waals surface area contributed by atoms with Gasteiger partial charge in [0.1, 0.15) is 0 Å². The van der Waals surface area contributed by atoms with E-state index in [1.54, 1.807) is 0 Å². The molecule has 0 unspecified atom stereocenters. The van der Waals surface area contributed by atoms with Crippen LogP contribution in [-0.4, -0.2) is 36.5 Å². The first-order valence-corrected chi connectivity index (χ1v) is 5.79. The van der Waals surface area contributed by atoms with E-state index in [1.165, 1.54) is 17.0 Å². The number of hydrogen-bond acceptors (Lipinski definition) is 4. The van der Waals surface area contributed by atoms with E-state index in [1.807, 2.05) is 0 Å². The molecule has 0 saturated carbocycles. The monoisotopic (exact) mass is 296 g/mol. The van der Waals surface area contributed by atoms with Crippen LogP contribution in [0.2, 0.25) is 5.28 Å². The van der Waals surface area contributed by atoms with E-state index in [9.17, 15) is 14.0 Å². The average Bonchev–Trinajstić information content (AvgIpc) is 2.92. The Hall–Kier alpha value is -2.48. The van der Waals surface area contributed by atoms with E-state index in [4.69, 9.17) is 16.7 Å². The molecule has 3 rings (SSSR count). The first-order chi connectivity index (χ1) is 9.47. The molecule has 1 aliphatic rings. The van der Waals surface area contributed by atoms with Crippen LogP contribution in [0.25, 0.3) is 5.82 Å². The average molecular weight is 297 g/mol. The van der Waals surface area contributed by atoms with Crippen molar-refractivity contribution in [3.05, 3.63) is 40.8 Å². The van der Waals surface area contributed by atoms with Crippen LogP contribution in [0.15, 0.2) is 18.6 Å². The maximum atomic E-state index is 13.6. The van der Waals surface area contributed by atoms with Crippen LogP contribution in [0, 0.1) is 5.82 Å². The molecule has 0 aromatic carbocycles. The summed E-state index contributed by atoms with van der Waals surface area (Å²) in [5.41, 5.74) is 0.674. The summed E-state index contributed by atoms with van der Waals surface area (Å²) in [7, 11) is 0. The van der Waals surface area contributed by atoms with Crippen molar-refractivity contribution in [2.24, 2.45) is 0 Å². The number of fused-ring (bicyclic) bond motifs is 1. The maximum absolute atomic E-state index is 13.6. The molecule has 7 nitrogen and oxygen atoms in total. The Morgan fingerprint density at radius 2 is 2.20 bits per heavy atom. The summed E-state index contributed by atoms with van der Waals surface area (Å²) in [6, 6.07) is 0. The van der Waals surface area contributed by atoms with Gasteiger partial charge in [0.15, 0.2) is 11.6 Å². The molecule has 102 valence electrons. The van der Waals surface area contributed by atoms with Crippen LogP contribution < -0.4 is 0 Å². The second-order valence-corrected chi connectivity index (χ2v) is 4.43. The number of carboxylic acid groups (broad SMARTS) is 1. The number of halogens is 2. The van der Waals surface area contributed by atoms with Gasteiger partial charge in [0.2, 0.25) is 5.28 Å². The van der Waals surface area contributed by atoms with Gasteiger partial charge >= 0.3 is 6.09 Å². The largest absolute Gasteiger partial charge is 0.465 e. The summed E-state index contributed by atoms with van der Waals surface area (Å²) in [4.78, 5) is 30.6. The Balaban J connectivity index is 2.03. The Bertz CT molecular complexity index is 745. The minimum atomic E-state index is -1.32. The number of hydrogen-bond donors (Lipinski definition) is 1. The van der Waals surface area contributed by atoms with Crippen molar-refractivity contribution in [3.8, 4) is 5.82 Å². The molecule has 0 spiro atoms. The zero-order valence-corrected chi connectivity index (χ0v) is 10.5. The summed E-state index contributed by atoms with van der Waals surface area (Å²) in [6.07, 6.45) is 2.36. The highest BCUT2D eigenvalue weighted by Gasteiger charge is 2.33. The lowest BCUT2D eigenvalue weighted by atomic mass is 10.2. The number of carbonyl (C=O) groups is 2. The highest BCUT2D eigenvalue weighted by Crippen LogP contribution is 2.26. The minimum absolute atomic E-state index is 0.0725. The fourth-order valence-electron chi connectivity index (χ4n) is 2.00. The lowest BCUT2D eigenvalue weighted by Gasteiger charge is -2.09. The van der Waals surface area contributed by atoms with Crippen molar-refractivity contribution in [2.45, 2.75) is 6.54 Å². The summed E-state index contributed by atoms with van der Waals surface area (Å²) in [5, 5.41) is 8.71. The predicted molar refractivity (Wildman–Crippen MR) is 64.2 cm³/mol. The van der Waals surface area contributed by atoms with Crippen LogP contribution in [0.3, 0.4) is 0 Å². The second kappa shape index (κ2) is 4.27. The van der Waals surface area contributed by atoms with E-state index in [-0.39, 0.29) is 23.2 Å². The highest BCUT2D eigenvalue weighted by molar-refractivity contribution is 6.28. The highest BCUT2D eigenvalue weighted by atomic mass is 35.5. The Morgan fingerprint density at radius 1 is 1.45 bits per heavy atom. The number of aromatic nitrogens is 3. The van der Waals surface area contributed by atoms with Gasteiger partial charge in [-0.2, -0.15) is 4.98 Å². The smallest absolute Gasteiger partial charge is 0.414 e. The lowest BCUT2D eigenvalue weighted by Crippen LogP contribution is -2.29. The summed E-state index contributed by atoms with van der Waals surface area (Å²) < 4.78 is 14.9. The molecule has 0 radical (unpaired) electrons. The molecular formula is C11H6ClFN4O3. The molecule has 1 aliphatic heterocycles. The van der Waals surface area contributed by atoms with Crippen LogP contribution in [0.1, 0.15) is 15.9 Å². The molecule has 0 aliphatic carbocycles. The van der Waals surface area contributed by atoms with Crippen LogP contribution in [0.5, 0.6) is 0 Å². The van der Waals surface area contributed by atoms with E-state index < -0.39 is 17.8 Å². The van der Waals surface area contributed by atoms with Crippen LogP contribution in [0.4, 0.5) is 9.18 Å². The van der Waals surface area contributed by atoms with Gasteiger partial charge in [-0.3, -0.25) is 4.79 Å². The van der Waals surface area contributed by atoms with Gasteiger partial charge in [0.05, 0.1) is 18.3 Å². The molecule has 0 atom stereocenters. The number of nitrogens with zero attached hydrogens (tertiary/aromatic N) is 4. The molecule has 0 saturated heterocycles. The Labute approximate surface area is 116 Å².